The molecule has 2 aromatic carbocycles. The zero-order valence-electron chi connectivity index (χ0n) is 12.3. The molecule has 0 unspecified atom stereocenters. The van der Waals surface area contributed by atoms with Gasteiger partial charge in [0.05, 0.1) is 0 Å². The Morgan fingerprint density at radius 2 is 1.05 bits per heavy atom. The van der Waals surface area contributed by atoms with Crippen LogP contribution in [0.25, 0.3) is 0 Å². The van der Waals surface area contributed by atoms with Gasteiger partial charge in [-0.2, -0.15) is 0 Å². The van der Waals surface area contributed by atoms with Gasteiger partial charge < -0.3 is 0 Å². The molecule has 1 nitrogen and oxygen atoms in total. The average Bonchev–Trinajstić information content (AvgIpc) is 2.46. The summed E-state index contributed by atoms with van der Waals surface area (Å²) in [6.45, 7) is 4.18. The normalized spacial score (nSPS) is 10.5. The van der Waals surface area contributed by atoms with Gasteiger partial charge in [-0.05, 0) is 25.0 Å². The second kappa shape index (κ2) is 7.36. The third kappa shape index (κ3) is 4.90. The highest BCUT2D eigenvalue weighted by molar-refractivity contribution is 7.44. The van der Waals surface area contributed by atoms with E-state index >= 15 is 0 Å². The number of hydrogen-bond acceptors (Lipinski definition) is 1. The quantitative estimate of drug-likeness (QED) is 0.689. The highest BCUT2D eigenvalue weighted by atomic mass is 31.1. The summed E-state index contributed by atoms with van der Waals surface area (Å²) in [5.74, 6) is 0. The van der Waals surface area contributed by atoms with Crippen molar-refractivity contribution in [3.8, 4) is 0 Å². The molecule has 0 N–H and O–H groups in total. The lowest BCUT2D eigenvalue weighted by atomic mass is 10.1. The molecule has 0 saturated heterocycles. The van der Waals surface area contributed by atoms with E-state index in [2.05, 4.69) is 62.4 Å². The molecule has 0 fully saturated rings. The van der Waals surface area contributed by atoms with Crippen molar-refractivity contribution in [2.75, 3.05) is 12.3 Å². The van der Waals surface area contributed by atoms with E-state index in [0.717, 1.165) is 25.2 Å². The Bertz CT molecular complexity index is 503. The standard InChI is InChI=1S/C18H22OP/c1-15-3-7-17(8-4-15)11-13-20(19)14-12-18-9-5-16(2)6-10-18/h3-10H,11-14H2,1-2H3/q+1. The molecule has 0 amide bonds. The minimum atomic E-state index is -1.09. The van der Waals surface area contributed by atoms with Crippen LogP contribution in [0.3, 0.4) is 0 Å². The first-order chi connectivity index (χ1) is 9.63. The van der Waals surface area contributed by atoms with Crippen LogP contribution in [0.5, 0.6) is 0 Å². The Labute approximate surface area is 122 Å². The number of rotatable bonds is 6. The second-order valence-corrected chi connectivity index (χ2v) is 7.26. The van der Waals surface area contributed by atoms with Crippen molar-refractivity contribution >= 4 is 7.80 Å². The maximum atomic E-state index is 12.1. The summed E-state index contributed by atoms with van der Waals surface area (Å²) in [6.07, 6.45) is 3.43. The number of hydrogen-bond donors (Lipinski definition) is 0. The molecule has 0 aromatic heterocycles. The molecule has 0 heterocycles. The van der Waals surface area contributed by atoms with Crippen molar-refractivity contribution in [1.82, 2.24) is 0 Å². The van der Waals surface area contributed by atoms with Gasteiger partial charge in [-0.25, -0.2) is 0 Å². The van der Waals surface area contributed by atoms with E-state index in [4.69, 9.17) is 0 Å². The molecule has 0 spiro atoms. The fourth-order valence-corrected chi connectivity index (χ4v) is 3.37. The first-order valence-corrected chi connectivity index (χ1v) is 8.79. The Hall–Kier alpha value is -1.46. The van der Waals surface area contributed by atoms with Gasteiger partial charge in [0.1, 0.15) is 12.3 Å². The summed E-state index contributed by atoms with van der Waals surface area (Å²) < 4.78 is 12.1. The number of benzene rings is 2. The van der Waals surface area contributed by atoms with Gasteiger partial charge >= 0.3 is 7.80 Å². The van der Waals surface area contributed by atoms with Gasteiger partial charge in [0.2, 0.25) is 0 Å². The first kappa shape index (κ1) is 14.9. The van der Waals surface area contributed by atoms with Crippen molar-refractivity contribution in [2.45, 2.75) is 26.7 Å². The molecule has 2 rings (SSSR count). The SMILES string of the molecule is Cc1ccc(CC[P+](=O)CCc2ccc(C)cc2)cc1. The summed E-state index contributed by atoms with van der Waals surface area (Å²) in [6, 6.07) is 17.0. The largest absolute Gasteiger partial charge is 0.339 e. The van der Waals surface area contributed by atoms with Gasteiger partial charge in [-0.3, -0.25) is 0 Å². The highest BCUT2D eigenvalue weighted by Crippen LogP contribution is 2.23. The molecular weight excluding hydrogens is 263 g/mol. The van der Waals surface area contributed by atoms with Crippen LogP contribution in [0.15, 0.2) is 48.5 Å². The fourth-order valence-electron chi connectivity index (χ4n) is 2.13. The zero-order chi connectivity index (χ0) is 14.4. The van der Waals surface area contributed by atoms with Crippen LogP contribution in [0.1, 0.15) is 22.3 Å². The van der Waals surface area contributed by atoms with E-state index in [9.17, 15) is 4.57 Å². The topological polar surface area (TPSA) is 17.1 Å². The van der Waals surface area contributed by atoms with Crippen LogP contribution >= 0.6 is 7.80 Å². The summed E-state index contributed by atoms with van der Waals surface area (Å²) >= 11 is 0. The monoisotopic (exact) mass is 285 g/mol. The van der Waals surface area contributed by atoms with Crippen molar-refractivity contribution < 1.29 is 4.57 Å². The lowest BCUT2D eigenvalue weighted by molar-refractivity contribution is 0.587. The predicted octanol–water partition coefficient (Wildman–Crippen LogP) is 4.92. The predicted molar refractivity (Wildman–Crippen MR) is 87.1 cm³/mol. The zero-order valence-corrected chi connectivity index (χ0v) is 13.2. The van der Waals surface area contributed by atoms with Gasteiger partial charge in [0, 0.05) is 12.8 Å². The molecule has 0 atom stereocenters. The van der Waals surface area contributed by atoms with E-state index < -0.39 is 7.80 Å². The van der Waals surface area contributed by atoms with E-state index in [1.165, 1.54) is 22.3 Å². The lowest BCUT2D eigenvalue weighted by Gasteiger charge is -1.98. The summed E-state index contributed by atoms with van der Waals surface area (Å²) in [5.41, 5.74) is 5.12. The molecule has 0 saturated carbocycles. The third-order valence-electron chi connectivity index (χ3n) is 3.54. The maximum absolute atomic E-state index is 12.1. The van der Waals surface area contributed by atoms with E-state index in [1.807, 2.05) is 0 Å². The van der Waals surface area contributed by atoms with Crippen LogP contribution in [0.2, 0.25) is 0 Å². The third-order valence-corrected chi connectivity index (χ3v) is 4.99. The summed E-state index contributed by atoms with van der Waals surface area (Å²) in [7, 11) is -1.09. The average molecular weight is 285 g/mol. The van der Waals surface area contributed by atoms with Crippen LogP contribution in [0, 0.1) is 13.8 Å². The van der Waals surface area contributed by atoms with Gasteiger partial charge in [-0.15, -0.1) is 0 Å². The molecule has 2 aromatic rings. The smallest absolute Gasteiger partial charge is 0.0748 e. The molecule has 20 heavy (non-hydrogen) atoms. The minimum absolute atomic E-state index is 0.796. The van der Waals surface area contributed by atoms with Gasteiger partial charge in [-0.1, -0.05) is 64.2 Å². The summed E-state index contributed by atoms with van der Waals surface area (Å²) in [5, 5.41) is 0. The van der Waals surface area contributed by atoms with Crippen molar-refractivity contribution in [1.29, 1.82) is 0 Å². The van der Waals surface area contributed by atoms with E-state index in [1.54, 1.807) is 0 Å². The van der Waals surface area contributed by atoms with Crippen LogP contribution < -0.4 is 0 Å². The Morgan fingerprint density at radius 1 is 0.700 bits per heavy atom. The number of aryl methyl sites for hydroxylation is 4. The van der Waals surface area contributed by atoms with Crippen LogP contribution in [0.4, 0.5) is 0 Å². The Kier molecular flexibility index (Phi) is 5.49. The van der Waals surface area contributed by atoms with Crippen molar-refractivity contribution in [2.24, 2.45) is 0 Å². The molecule has 0 aliphatic rings. The Morgan fingerprint density at radius 3 is 1.40 bits per heavy atom. The van der Waals surface area contributed by atoms with Crippen molar-refractivity contribution in [3.05, 3.63) is 70.8 Å². The Balaban J connectivity index is 1.75. The maximum Gasteiger partial charge on any atom is 0.339 e. The molecule has 0 bridgehead atoms. The molecule has 0 radical (unpaired) electrons. The second-order valence-electron chi connectivity index (χ2n) is 5.40. The molecular formula is C18H22OP+. The lowest BCUT2D eigenvalue weighted by Crippen LogP contribution is -1.94. The van der Waals surface area contributed by atoms with E-state index in [0.29, 0.717) is 0 Å². The van der Waals surface area contributed by atoms with E-state index in [-0.39, 0.29) is 0 Å². The van der Waals surface area contributed by atoms with Gasteiger partial charge in [0.25, 0.3) is 0 Å². The highest BCUT2D eigenvalue weighted by Gasteiger charge is 2.14. The van der Waals surface area contributed by atoms with Gasteiger partial charge in [0.15, 0.2) is 0 Å². The van der Waals surface area contributed by atoms with Crippen LogP contribution in [-0.2, 0) is 17.4 Å². The fraction of sp³-hybridized carbons (Fsp3) is 0.333. The van der Waals surface area contributed by atoms with Crippen LogP contribution in [-0.4, -0.2) is 12.3 Å². The van der Waals surface area contributed by atoms with Crippen molar-refractivity contribution in [3.63, 3.8) is 0 Å². The molecule has 2 heteroatoms. The molecule has 104 valence electrons. The molecule has 0 aliphatic carbocycles. The first-order valence-electron chi connectivity index (χ1n) is 7.16. The minimum Gasteiger partial charge on any atom is -0.0748 e. The molecule has 0 aliphatic heterocycles. The summed E-state index contributed by atoms with van der Waals surface area (Å²) in [4.78, 5) is 0.